The van der Waals surface area contributed by atoms with Gasteiger partial charge in [-0.1, -0.05) is 6.92 Å². The van der Waals surface area contributed by atoms with Crippen molar-refractivity contribution in [3.8, 4) is 0 Å². The van der Waals surface area contributed by atoms with Crippen LogP contribution < -0.4 is 10.6 Å². The Hall–Kier alpha value is -1.23. The smallest absolute Gasteiger partial charge is 0.150 e. The van der Waals surface area contributed by atoms with Crippen molar-refractivity contribution in [2.45, 2.75) is 19.4 Å². The van der Waals surface area contributed by atoms with Crippen LogP contribution in [0.2, 0.25) is 0 Å². The highest BCUT2D eigenvalue weighted by Crippen LogP contribution is 2.26. The van der Waals surface area contributed by atoms with E-state index in [1.807, 2.05) is 11.7 Å². The topological polar surface area (TPSA) is 50.3 Å². The summed E-state index contributed by atoms with van der Waals surface area (Å²) in [4.78, 5) is 4.76. The number of nitrogens with two attached hydrogens (primary N) is 1. The summed E-state index contributed by atoms with van der Waals surface area (Å²) in [6, 6.07) is 0.538. The van der Waals surface area contributed by atoms with Crippen molar-refractivity contribution in [1.29, 1.82) is 0 Å². The predicted molar refractivity (Wildman–Crippen MR) is 66.5 cm³/mol. The SMILES string of the molecule is CCC1CN(C)CCN1c1c(N)cnn1C. The van der Waals surface area contributed by atoms with Gasteiger partial charge in [0.05, 0.1) is 11.9 Å². The van der Waals surface area contributed by atoms with Crippen LogP contribution in [0.1, 0.15) is 13.3 Å². The van der Waals surface area contributed by atoms with Gasteiger partial charge in [0.25, 0.3) is 0 Å². The average Bonchev–Trinajstić information content (AvgIpc) is 2.59. The summed E-state index contributed by atoms with van der Waals surface area (Å²) in [5.41, 5.74) is 6.77. The Labute approximate surface area is 96.8 Å². The summed E-state index contributed by atoms with van der Waals surface area (Å²) in [6.45, 7) is 5.43. The highest BCUT2D eigenvalue weighted by Gasteiger charge is 2.27. The molecule has 2 N–H and O–H groups in total. The van der Waals surface area contributed by atoms with Gasteiger partial charge in [0.1, 0.15) is 5.82 Å². The fraction of sp³-hybridized carbons (Fsp3) is 0.727. The molecule has 0 bridgehead atoms. The maximum absolute atomic E-state index is 5.99. The number of nitrogens with zero attached hydrogens (tertiary/aromatic N) is 4. The molecule has 2 rings (SSSR count). The second-order valence-corrected chi connectivity index (χ2v) is 4.56. The highest BCUT2D eigenvalue weighted by molar-refractivity contribution is 5.63. The Kier molecular flexibility index (Phi) is 3.05. The first-order valence-electron chi connectivity index (χ1n) is 5.86. The first-order chi connectivity index (χ1) is 7.63. The van der Waals surface area contributed by atoms with Crippen LogP contribution in [0.25, 0.3) is 0 Å². The molecule has 0 aromatic carbocycles. The fourth-order valence-corrected chi connectivity index (χ4v) is 2.44. The molecule has 0 amide bonds. The molecule has 1 aromatic rings. The Balaban J connectivity index is 2.25. The van der Waals surface area contributed by atoms with Crippen LogP contribution in [0.3, 0.4) is 0 Å². The Morgan fingerprint density at radius 3 is 2.75 bits per heavy atom. The maximum atomic E-state index is 5.99. The number of aromatic nitrogens is 2. The molecule has 1 saturated heterocycles. The zero-order valence-corrected chi connectivity index (χ0v) is 10.3. The van der Waals surface area contributed by atoms with Crippen molar-refractivity contribution >= 4 is 11.5 Å². The van der Waals surface area contributed by atoms with Gasteiger partial charge in [-0.15, -0.1) is 0 Å². The molecule has 2 heterocycles. The van der Waals surface area contributed by atoms with Gasteiger partial charge in [-0.05, 0) is 13.5 Å². The quantitative estimate of drug-likeness (QED) is 0.794. The number of hydrogen-bond acceptors (Lipinski definition) is 4. The molecule has 0 saturated carbocycles. The van der Waals surface area contributed by atoms with Crippen LogP contribution >= 0.6 is 0 Å². The van der Waals surface area contributed by atoms with Gasteiger partial charge < -0.3 is 15.5 Å². The summed E-state index contributed by atoms with van der Waals surface area (Å²) in [5.74, 6) is 1.07. The molecule has 90 valence electrons. The zero-order chi connectivity index (χ0) is 11.7. The molecule has 0 spiro atoms. The van der Waals surface area contributed by atoms with Crippen LogP contribution in [-0.4, -0.2) is 47.4 Å². The van der Waals surface area contributed by atoms with Gasteiger partial charge in [-0.2, -0.15) is 5.10 Å². The minimum absolute atomic E-state index is 0.538. The molecule has 0 aliphatic carbocycles. The highest BCUT2D eigenvalue weighted by atomic mass is 15.4. The molecule has 1 aromatic heterocycles. The molecule has 5 nitrogen and oxygen atoms in total. The van der Waals surface area contributed by atoms with Gasteiger partial charge in [0, 0.05) is 32.7 Å². The van der Waals surface area contributed by atoms with Crippen LogP contribution in [-0.2, 0) is 7.05 Å². The molecule has 16 heavy (non-hydrogen) atoms. The lowest BCUT2D eigenvalue weighted by atomic mass is 10.1. The van der Waals surface area contributed by atoms with Gasteiger partial charge >= 0.3 is 0 Å². The Morgan fingerprint density at radius 1 is 1.44 bits per heavy atom. The first kappa shape index (κ1) is 11.3. The molecule has 0 radical (unpaired) electrons. The lowest BCUT2D eigenvalue weighted by molar-refractivity contribution is 0.261. The number of aryl methyl sites for hydroxylation is 1. The molecular formula is C11H21N5. The van der Waals surface area contributed by atoms with Crippen LogP contribution in [0, 0.1) is 0 Å². The molecule has 1 unspecified atom stereocenters. The largest absolute Gasteiger partial charge is 0.394 e. The van der Waals surface area contributed by atoms with E-state index < -0.39 is 0 Å². The summed E-state index contributed by atoms with van der Waals surface area (Å²) in [5, 5.41) is 4.22. The third-order valence-corrected chi connectivity index (χ3v) is 3.36. The van der Waals surface area contributed by atoms with E-state index in [9.17, 15) is 0 Å². The standard InChI is InChI=1S/C11H21N5/c1-4-9-8-14(2)5-6-16(9)11-10(12)7-13-15(11)3/h7,9H,4-6,8,12H2,1-3H3. The van der Waals surface area contributed by atoms with Crippen molar-refractivity contribution < 1.29 is 0 Å². The van der Waals surface area contributed by atoms with Gasteiger partial charge in [0.15, 0.2) is 0 Å². The average molecular weight is 223 g/mol. The number of hydrogen-bond donors (Lipinski definition) is 1. The molecule has 1 fully saturated rings. The maximum Gasteiger partial charge on any atom is 0.150 e. The zero-order valence-electron chi connectivity index (χ0n) is 10.3. The molecular weight excluding hydrogens is 202 g/mol. The number of nitrogen functional groups attached to an aromatic ring is 1. The van der Waals surface area contributed by atoms with Gasteiger partial charge in [0.2, 0.25) is 0 Å². The van der Waals surface area contributed by atoms with E-state index >= 15 is 0 Å². The van der Waals surface area contributed by atoms with E-state index in [0.29, 0.717) is 6.04 Å². The van der Waals surface area contributed by atoms with E-state index in [1.165, 1.54) is 0 Å². The van der Waals surface area contributed by atoms with E-state index in [0.717, 1.165) is 37.6 Å². The molecule has 5 heteroatoms. The van der Waals surface area contributed by atoms with Crippen LogP contribution in [0.15, 0.2) is 6.20 Å². The lowest BCUT2D eigenvalue weighted by Crippen LogP contribution is -2.52. The summed E-state index contributed by atoms with van der Waals surface area (Å²) < 4.78 is 1.88. The Bertz CT molecular complexity index is 340. The van der Waals surface area contributed by atoms with Crippen molar-refractivity contribution in [3.63, 3.8) is 0 Å². The van der Waals surface area contributed by atoms with Gasteiger partial charge in [-0.3, -0.25) is 4.68 Å². The van der Waals surface area contributed by atoms with Crippen molar-refractivity contribution in [3.05, 3.63) is 6.20 Å². The molecule has 1 aliphatic rings. The summed E-state index contributed by atoms with van der Waals surface area (Å²) in [6.07, 6.45) is 2.87. The Morgan fingerprint density at radius 2 is 2.19 bits per heavy atom. The van der Waals surface area contributed by atoms with Gasteiger partial charge in [-0.25, -0.2) is 0 Å². The van der Waals surface area contributed by atoms with E-state index in [2.05, 4.69) is 28.9 Å². The second-order valence-electron chi connectivity index (χ2n) is 4.56. The summed E-state index contributed by atoms with van der Waals surface area (Å²) in [7, 11) is 4.13. The first-order valence-corrected chi connectivity index (χ1v) is 5.86. The van der Waals surface area contributed by atoms with E-state index in [-0.39, 0.29) is 0 Å². The lowest BCUT2D eigenvalue weighted by Gasteiger charge is -2.41. The van der Waals surface area contributed by atoms with Crippen molar-refractivity contribution in [2.24, 2.45) is 7.05 Å². The van der Waals surface area contributed by atoms with Crippen molar-refractivity contribution in [2.75, 3.05) is 37.3 Å². The number of likely N-dealkylation sites (N-methyl/N-ethyl adjacent to an activating group) is 1. The number of piperazine rings is 1. The minimum atomic E-state index is 0.538. The third kappa shape index (κ3) is 1.87. The predicted octanol–water partition coefficient (Wildman–Crippen LogP) is 0.533. The van der Waals surface area contributed by atoms with Crippen molar-refractivity contribution in [1.82, 2.24) is 14.7 Å². The second kappa shape index (κ2) is 4.33. The molecule has 1 aliphatic heterocycles. The van der Waals surface area contributed by atoms with E-state index in [1.54, 1.807) is 6.20 Å². The number of anilines is 2. The summed E-state index contributed by atoms with van der Waals surface area (Å²) >= 11 is 0. The third-order valence-electron chi connectivity index (χ3n) is 3.36. The fourth-order valence-electron chi connectivity index (χ4n) is 2.44. The monoisotopic (exact) mass is 223 g/mol. The van der Waals surface area contributed by atoms with Crippen LogP contribution in [0.4, 0.5) is 11.5 Å². The molecule has 1 atom stereocenters. The van der Waals surface area contributed by atoms with Crippen LogP contribution in [0.5, 0.6) is 0 Å². The van der Waals surface area contributed by atoms with E-state index in [4.69, 9.17) is 5.73 Å². The number of rotatable bonds is 2. The normalized spacial score (nSPS) is 22.7. The minimum Gasteiger partial charge on any atom is -0.394 e.